The highest BCUT2D eigenvalue weighted by Crippen LogP contribution is 2.15. The third-order valence-corrected chi connectivity index (χ3v) is 5.90. The Labute approximate surface area is 118 Å². The van der Waals surface area contributed by atoms with Crippen molar-refractivity contribution >= 4 is 9.04 Å². The van der Waals surface area contributed by atoms with Crippen LogP contribution in [0.3, 0.4) is 0 Å². The third kappa shape index (κ3) is 4.91. The maximum Gasteiger partial charge on any atom is 0.235 e. The molecule has 1 nitrogen and oxygen atoms in total. The van der Waals surface area contributed by atoms with Gasteiger partial charge >= 0.3 is 0 Å². The zero-order chi connectivity index (χ0) is 13.3. The second-order valence-corrected chi connectivity index (χ2v) is 7.71. The van der Waals surface area contributed by atoms with Crippen LogP contribution in [0.25, 0.3) is 0 Å². The average Bonchev–Trinajstić information content (AvgIpc) is 2.48. The van der Waals surface area contributed by atoms with Gasteiger partial charge in [0, 0.05) is 0 Å². The predicted octanol–water partition coefficient (Wildman–Crippen LogP) is 4.44. The summed E-state index contributed by atoms with van der Waals surface area (Å²) in [4.78, 5) is 0. The molecule has 1 atom stereocenters. The second kappa shape index (κ2) is 7.80. The summed E-state index contributed by atoms with van der Waals surface area (Å²) < 4.78 is 6.14. The summed E-state index contributed by atoms with van der Waals surface area (Å²) in [5.74, 6) is 1.04. The molecule has 1 unspecified atom stereocenters. The molecule has 0 aliphatic heterocycles. The van der Waals surface area contributed by atoms with Gasteiger partial charge in [-0.1, -0.05) is 55.5 Å². The molecule has 0 saturated carbocycles. The number of benzene rings is 2. The summed E-state index contributed by atoms with van der Waals surface area (Å²) >= 11 is 0. The van der Waals surface area contributed by atoms with E-state index >= 15 is 0 Å². The Balaban J connectivity index is 1.77. The van der Waals surface area contributed by atoms with E-state index in [1.807, 2.05) is 18.2 Å². The van der Waals surface area contributed by atoms with Gasteiger partial charge in [-0.15, -0.1) is 0 Å². The third-order valence-electron chi connectivity index (χ3n) is 3.34. The van der Waals surface area contributed by atoms with E-state index in [4.69, 9.17) is 4.43 Å². The molecule has 0 bridgehead atoms. The highest BCUT2D eigenvalue weighted by atomic mass is 28.3. The van der Waals surface area contributed by atoms with Crippen LogP contribution in [-0.4, -0.2) is 9.04 Å². The topological polar surface area (TPSA) is 9.23 Å². The smallest absolute Gasteiger partial charge is 0.235 e. The SMILES string of the molecule is CC[SiH](CCCc1ccccc1)Oc1ccccc1. The molecule has 0 aliphatic rings. The van der Waals surface area contributed by atoms with Gasteiger partial charge in [-0.3, -0.25) is 0 Å². The number of aryl methyl sites for hydroxylation is 1. The van der Waals surface area contributed by atoms with Crippen molar-refractivity contribution in [2.75, 3.05) is 0 Å². The van der Waals surface area contributed by atoms with Crippen molar-refractivity contribution in [3.63, 3.8) is 0 Å². The van der Waals surface area contributed by atoms with Gasteiger partial charge in [-0.05, 0) is 42.6 Å². The normalized spacial score (nSPS) is 12.1. The van der Waals surface area contributed by atoms with Gasteiger partial charge in [0.2, 0.25) is 9.04 Å². The van der Waals surface area contributed by atoms with Crippen molar-refractivity contribution in [3.8, 4) is 5.75 Å². The van der Waals surface area contributed by atoms with E-state index in [1.165, 1.54) is 30.5 Å². The maximum absolute atomic E-state index is 6.14. The summed E-state index contributed by atoms with van der Waals surface area (Å²) in [6, 6.07) is 23.4. The lowest BCUT2D eigenvalue weighted by Crippen LogP contribution is -2.20. The first kappa shape index (κ1) is 13.9. The van der Waals surface area contributed by atoms with Gasteiger partial charge in [0.15, 0.2) is 0 Å². The molecule has 0 fully saturated rings. The Hall–Kier alpha value is -1.54. The summed E-state index contributed by atoms with van der Waals surface area (Å²) in [5.41, 5.74) is 1.44. The molecule has 0 N–H and O–H groups in total. The van der Waals surface area contributed by atoms with Gasteiger partial charge in [0.05, 0.1) is 0 Å². The monoisotopic (exact) mass is 270 g/mol. The first-order chi connectivity index (χ1) is 9.38. The molecule has 2 rings (SSSR count). The van der Waals surface area contributed by atoms with E-state index in [0.29, 0.717) is 0 Å². The Kier molecular flexibility index (Phi) is 5.69. The summed E-state index contributed by atoms with van der Waals surface area (Å²) in [7, 11) is -1.08. The fraction of sp³-hybridized carbons (Fsp3) is 0.294. The van der Waals surface area contributed by atoms with Gasteiger partial charge in [0.25, 0.3) is 0 Å². The van der Waals surface area contributed by atoms with E-state index in [0.717, 1.165) is 5.75 Å². The minimum atomic E-state index is -1.08. The van der Waals surface area contributed by atoms with Crippen molar-refractivity contribution in [1.29, 1.82) is 0 Å². The van der Waals surface area contributed by atoms with E-state index in [-0.39, 0.29) is 0 Å². The highest BCUT2D eigenvalue weighted by Gasteiger charge is 2.10. The zero-order valence-electron chi connectivity index (χ0n) is 11.6. The van der Waals surface area contributed by atoms with Gasteiger partial charge < -0.3 is 4.43 Å². The fourth-order valence-electron chi connectivity index (χ4n) is 2.22. The Morgan fingerprint density at radius 1 is 0.895 bits per heavy atom. The number of hydrogen-bond acceptors (Lipinski definition) is 1. The van der Waals surface area contributed by atoms with Crippen LogP contribution < -0.4 is 4.43 Å². The van der Waals surface area contributed by atoms with Crippen LogP contribution in [0, 0.1) is 0 Å². The molecule has 0 aliphatic carbocycles. The molecule has 0 aromatic heterocycles. The molecule has 0 saturated heterocycles. The number of para-hydroxylation sites is 1. The lowest BCUT2D eigenvalue weighted by Gasteiger charge is -2.16. The van der Waals surface area contributed by atoms with E-state index in [1.54, 1.807) is 0 Å². The van der Waals surface area contributed by atoms with Crippen LogP contribution in [0.4, 0.5) is 0 Å². The highest BCUT2D eigenvalue weighted by molar-refractivity contribution is 6.52. The van der Waals surface area contributed by atoms with Crippen molar-refractivity contribution in [2.45, 2.75) is 31.9 Å². The van der Waals surface area contributed by atoms with E-state index in [9.17, 15) is 0 Å². The van der Waals surface area contributed by atoms with Crippen molar-refractivity contribution in [3.05, 3.63) is 66.2 Å². The fourth-order valence-corrected chi connectivity index (χ4v) is 4.11. The molecule has 2 aromatic carbocycles. The quantitative estimate of drug-likeness (QED) is 0.676. The minimum Gasteiger partial charge on any atom is -0.546 e. The lowest BCUT2D eigenvalue weighted by molar-refractivity contribution is 0.560. The molecule has 2 aromatic rings. The molecule has 0 radical (unpaired) electrons. The standard InChI is InChI=1S/C17H22OSi/c1-2-19(18-17-13-7-4-8-14-17)15-9-12-16-10-5-3-6-11-16/h3-8,10-11,13-14,19H,2,9,12,15H2,1H3. The molecule has 0 heterocycles. The number of hydrogen-bond donors (Lipinski definition) is 0. The van der Waals surface area contributed by atoms with Crippen molar-refractivity contribution in [2.24, 2.45) is 0 Å². The Morgan fingerprint density at radius 2 is 1.53 bits per heavy atom. The van der Waals surface area contributed by atoms with Gasteiger partial charge in [-0.2, -0.15) is 0 Å². The van der Waals surface area contributed by atoms with Gasteiger partial charge in [0.1, 0.15) is 5.75 Å². The minimum absolute atomic E-state index is 1.04. The van der Waals surface area contributed by atoms with E-state index in [2.05, 4.69) is 49.4 Å². The van der Waals surface area contributed by atoms with Crippen LogP contribution in [0.5, 0.6) is 5.75 Å². The first-order valence-corrected chi connectivity index (χ1v) is 9.24. The van der Waals surface area contributed by atoms with Crippen LogP contribution in [0.1, 0.15) is 18.9 Å². The second-order valence-electron chi connectivity index (χ2n) is 4.84. The van der Waals surface area contributed by atoms with E-state index < -0.39 is 9.04 Å². The van der Waals surface area contributed by atoms with Gasteiger partial charge in [-0.25, -0.2) is 0 Å². The number of rotatable bonds is 7. The molecule has 0 spiro atoms. The Bertz CT molecular complexity index is 455. The maximum atomic E-state index is 6.14. The molecule has 100 valence electrons. The summed E-state index contributed by atoms with van der Waals surface area (Å²) in [6.07, 6.45) is 2.41. The van der Waals surface area contributed by atoms with Crippen molar-refractivity contribution < 1.29 is 4.43 Å². The zero-order valence-corrected chi connectivity index (χ0v) is 12.7. The molecule has 19 heavy (non-hydrogen) atoms. The average molecular weight is 270 g/mol. The first-order valence-electron chi connectivity index (χ1n) is 7.14. The van der Waals surface area contributed by atoms with Crippen LogP contribution in [0.2, 0.25) is 12.1 Å². The summed E-state index contributed by atoms with van der Waals surface area (Å²) in [5, 5.41) is 0. The Morgan fingerprint density at radius 3 is 2.16 bits per heavy atom. The summed E-state index contributed by atoms with van der Waals surface area (Å²) in [6.45, 7) is 2.25. The largest absolute Gasteiger partial charge is 0.546 e. The molecule has 0 amide bonds. The van der Waals surface area contributed by atoms with Crippen LogP contribution in [-0.2, 0) is 6.42 Å². The molecular formula is C17H22OSi. The lowest BCUT2D eigenvalue weighted by atomic mass is 10.1. The van der Waals surface area contributed by atoms with Crippen LogP contribution >= 0.6 is 0 Å². The van der Waals surface area contributed by atoms with Crippen LogP contribution in [0.15, 0.2) is 60.7 Å². The predicted molar refractivity (Wildman–Crippen MR) is 84.3 cm³/mol. The molecular weight excluding hydrogens is 248 g/mol. The molecule has 2 heteroatoms. The van der Waals surface area contributed by atoms with Crippen molar-refractivity contribution in [1.82, 2.24) is 0 Å².